The summed E-state index contributed by atoms with van der Waals surface area (Å²) in [7, 11) is 0. The van der Waals surface area contributed by atoms with E-state index in [4.69, 9.17) is 0 Å². The fourth-order valence-corrected chi connectivity index (χ4v) is 3.16. The van der Waals surface area contributed by atoms with Gasteiger partial charge in [0.1, 0.15) is 0 Å². The van der Waals surface area contributed by atoms with Gasteiger partial charge in [0.05, 0.1) is 6.04 Å². The van der Waals surface area contributed by atoms with Crippen LogP contribution in [0.15, 0.2) is 47.7 Å². The van der Waals surface area contributed by atoms with E-state index in [0.717, 1.165) is 6.54 Å². The second-order valence-corrected chi connectivity index (χ2v) is 5.12. The van der Waals surface area contributed by atoms with Crippen molar-refractivity contribution in [3.05, 3.63) is 57.4 Å². The molecule has 0 spiro atoms. The highest BCUT2D eigenvalue weighted by molar-refractivity contribution is 7.11. The maximum absolute atomic E-state index is 3.74. The Balaban J connectivity index is 2.20. The summed E-state index contributed by atoms with van der Waals surface area (Å²) in [4.78, 5) is 2.72. The SMILES string of the molecule is C=CCNC(c1cccs1)c1cccs1. The van der Waals surface area contributed by atoms with Gasteiger partial charge in [-0.05, 0) is 22.9 Å². The Labute approximate surface area is 98.1 Å². The number of nitrogens with one attached hydrogen (secondary N) is 1. The van der Waals surface area contributed by atoms with Gasteiger partial charge in [-0.3, -0.25) is 0 Å². The number of hydrogen-bond donors (Lipinski definition) is 1. The van der Waals surface area contributed by atoms with Gasteiger partial charge in [-0.1, -0.05) is 18.2 Å². The lowest BCUT2D eigenvalue weighted by atomic mass is 10.2. The lowest BCUT2D eigenvalue weighted by Crippen LogP contribution is -2.20. The van der Waals surface area contributed by atoms with E-state index in [-0.39, 0.29) is 0 Å². The van der Waals surface area contributed by atoms with Crippen molar-refractivity contribution in [2.45, 2.75) is 6.04 Å². The van der Waals surface area contributed by atoms with E-state index in [1.54, 1.807) is 22.7 Å². The molecular formula is C12H13NS2. The molecule has 0 fully saturated rings. The molecule has 1 N–H and O–H groups in total. The third kappa shape index (κ3) is 2.56. The van der Waals surface area contributed by atoms with Gasteiger partial charge in [-0.15, -0.1) is 29.3 Å². The summed E-state index contributed by atoms with van der Waals surface area (Å²) in [5.74, 6) is 0. The predicted octanol–water partition coefficient (Wildman–Crippen LogP) is 3.67. The lowest BCUT2D eigenvalue weighted by molar-refractivity contribution is 0.673. The number of rotatable bonds is 5. The van der Waals surface area contributed by atoms with Crippen molar-refractivity contribution in [3.63, 3.8) is 0 Å². The van der Waals surface area contributed by atoms with Crippen LogP contribution in [0.3, 0.4) is 0 Å². The molecule has 78 valence electrons. The Bertz CT molecular complexity index is 355. The zero-order valence-electron chi connectivity index (χ0n) is 8.35. The Morgan fingerprint density at radius 3 is 2.20 bits per heavy atom. The van der Waals surface area contributed by atoms with Gasteiger partial charge < -0.3 is 5.32 Å². The van der Waals surface area contributed by atoms with Crippen LogP contribution < -0.4 is 5.32 Å². The maximum Gasteiger partial charge on any atom is 0.0767 e. The van der Waals surface area contributed by atoms with Crippen molar-refractivity contribution in [1.82, 2.24) is 5.32 Å². The third-order valence-electron chi connectivity index (χ3n) is 2.12. The average Bonchev–Trinajstić information content (AvgIpc) is 2.90. The highest BCUT2D eigenvalue weighted by Gasteiger charge is 2.14. The molecule has 0 amide bonds. The first-order chi connectivity index (χ1) is 7.42. The van der Waals surface area contributed by atoms with E-state index in [2.05, 4.69) is 46.9 Å². The molecule has 3 heteroatoms. The summed E-state index contributed by atoms with van der Waals surface area (Å²) < 4.78 is 0. The number of thiophene rings is 2. The average molecular weight is 235 g/mol. The van der Waals surface area contributed by atoms with Crippen molar-refractivity contribution in [3.8, 4) is 0 Å². The largest absolute Gasteiger partial charge is 0.301 e. The molecule has 0 aliphatic carbocycles. The van der Waals surface area contributed by atoms with Crippen LogP contribution in [0.4, 0.5) is 0 Å². The second kappa shape index (κ2) is 5.26. The minimum atomic E-state index is 0.322. The van der Waals surface area contributed by atoms with Crippen molar-refractivity contribution < 1.29 is 0 Å². The van der Waals surface area contributed by atoms with E-state index in [1.807, 2.05) is 6.08 Å². The van der Waals surface area contributed by atoms with Gasteiger partial charge in [-0.2, -0.15) is 0 Å². The van der Waals surface area contributed by atoms with Crippen LogP contribution in [-0.4, -0.2) is 6.54 Å². The van der Waals surface area contributed by atoms with Crippen molar-refractivity contribution >= 4 is 22.7 Å². The van der Waals surface area contributed by atoms with E-state index in [9.17, 15) is 0 Å². The Kier molecular flexibility index (Phi) is 3.72. The second-order valence-electron chi connectivity index (χ2n) is 3.16. The molecule has 2 heterocycles. The smallest absolute Gasteiger partial charge is 0.0767 e. The highest BCUT2D eigenvalue weighted by Crippen LogP contribution is 2.28. The quantitative estimate of drug-likeness (QED) is 0.780. The van der Waals surface area contributed by atoms with Crippen LogP contribution >= 0.6 is 22.7 Å². The molecule has 2 aromatic rings. The van der Waals surface area contributed by atoms with E-state index >= 15 is 0 Å². The first-order valence-corrected chi connectivity index (χ1v) is 6.59. The standard InChI is InChI=1S/C12H13NS2/c1-2-7-13-12(10-5-3-8-14-10)11-6-4-9-15-11/h2-6,8-9,12-13H,1,7H2. The first-order valence-electron chi connectivity index (χ1n) is 4.83. The third-order valence-corrected chi connectivity index (χ3v) is 4.00. The fourth-order valence-electron chi connectivity index (χ4n) is 1.45. The molecular weight excluding hydrogens is 222 g/mol. The van der Waals surface area contributed by atoms with Crippen LogP contribution in [-0.2, 0) is 0 Å². The van der Waals surface area contributed by atoms with E-state index in [1.165, 1.54) is 9.75 Å². The van der Waals surface area contributed by atoms with Crippen molar-refractivity contribution in [2.24, 2.45) is 0 Å². The monoisotopic (exact) mass is 235 g/mol. The predicted molar refractivity (Wildman–Crippen MR) is 68.7 cm³/mol. The zero-order valence-corrected chi connectivity index (χ0v) is 9.98. The molecule has 0 aliphatic heterocycles. The van der Waals surface area contributed by atoms with Crippen LogP contribution in [0, 0.1) is 0 Å². The summed E-state index contributed by atoms with van der Waals surface area (Å²) in [5, 5.41) is 7.71. The minimum Gasteiger partial charge on any atom is -0.301 e. The molecule has 0 atom stereocenters. The molecule has 0 bridgehead atoms. The van der Waals surface area contributed by atoms with Gasteiger partial charge >= 0.3 is 0 Å². The Morgan fingerprint density at radius 2 is 1.80 bits per heavy atom. The molecule has 0 saturated carbocycles. The van der Waals surface area contributed by atoms with Crippen LogP contribution in [0.2, 0.25) is 0 Å². The van der Waals surface area contributed by atoms with Gasteiger partial charge in [0.2, 0.25) is 0 Å². The molecule has 15 heavy (non-hydrogen) atoms. The summed E-state index contributed by atoms with van der Waals surface area (Å²) in [5.41, 5.74) is 0. The Morgan fingerprint density at radius 1 is 1.20 bits per heavy atom. The summed E-state index contributed by atoms with van der Waals surface area (Å²) >= 11 is 3.58. The van der Waals surface area contributed by atoms with Crippen molar-refractivity contribution in [1.29, 1.82) is 0 Å². The summed E-state index contributed by atoms with van der Waals surface area (Å²) in [6.07, 6.45) is 1.90. The topological polar surface area (TPSA) is 12.0 Å². The van der Waals surface area contributed by atoms with Crippen LogP contribution in [0.25, 0.3) is 0 Å². The molecule has 0 unspecified atom stereocenters. The zero-order chi connectivity index (χ0) is 10.5. The van der Waals surface area contributed by atoms with Crippen LogP contribution in [0.1, 0.15) is 15.8 Å². The first kappa shape index (κ1) is 10.6. The molecule has 2 aromatic heterocycles. The molecule has 0 aromatic carbocycles. The fraction of sp³-hybridized carbons (Fsp3) is 0.167. The molecule has 0 radical (unpaired) electrons. The summed E-state index contributed by atoms with van der Waals surface area (Å²) in [6, 6.07) is 8.85. The van der Waals surface area contributed by atoms with Gasteiger partial charge in [0, 0.05) is 16.3 Å². The van der Waals surface area contributed by atoms with E-state index < -0.39 is 0 Å². The Hall–Kier alpha value is -0.900. The molecule has 0 aliphatic rings. The van der Waals surface area contributed by atoms with Gasteiger partial charge in [0.25, 0.3) is 0 Å². The normalized spacial score (nSPS) is 10.7. The summed E-state index contributed by atoms with van der Waals surface area (Å²) in [6.45, 7) is 4.57. The minimum absolute atomic E-state index is 0.322. The van der Waals surface area contributed by atoms with Gasteiger partial charge in [0.15, 0.2) is 0 Å². The highest BCUT2D eigenvalue weighted by atomic mass is 32.1. The van der Waals surface area contributed by atoms with Crippen molar-refractivity contribution in [2.75, 3.05) is 6.54 Å². The lowest BCUT2D eigenvalue weighted by Gasteiger charge is -2.14. The molecule has 2 rings (SSSR count). The van der Waals surface area contributed by atoms with Crippen LogP contribution in [0.5, 0.6) is 0 Å². The molecule has 1 nitrogen and oxygen atoms in total. The van der Waals surface area contributed by atoms with Gasteiger partial charge in [-0.25, -0.2) is 0 Å². The molecule has 0 saturated heterocycles. The van der Waals surface area contributed by atoms with E-state index in [0.29, 0.717) is 6.04 Å². The number of hydrogen-bond acceptors (Lipinski definition) is 3. The maximum atomic E-state index is 3.74.